The van der Waals surface area contributed by atoms with Gasteiger partial charge in [0.1, 0.15) is 12.2 Å². The molecule has 1 N–H and O–H groups in total. The molecule has 1 saturated heterocycles. The van der Waals surface area contributed by atoms with Crippen LogP contribution >= 0.6 is 23.6 Å². The minimum atomic E-state index is -0.973. The number of halogens is 2. The number of hydrogen-bond acceptors (Lipinski definition) is 7. The monoisotopic (exact) mass is 540 g/mol. The Morgan fingerprint density at radius 1 is 1.11 bits per heavy atom. The summed E-state index contributed by atoms with van der Waals surface area (Å²) in [5.74, 6) is -3.11. The van der Waals surface area contributed by atoms with Gasteiger partial charge in [0, 0.05) is 29.9 Å². The van der Waals surface area contributed by atoms with Crippen LogP contribution in [0.15, 0.2) is 47.4 Å². The lowest BCUT2D eigenvalue weighted by Gasteiger charge is -2.51. The van der Waals surface area contributed by atoms with Crippen LogP contribution in [-0.4, -0.2) is 51.1 Å². The number of carbonyl (C=O) groups is 1. The van der Waals surface area contributed by atoms with Crippen LogP contribution in [0.4, 0.5) is 8.78 Å². The summed E-state index contributed by atoms with van der Waals surface area (Å²) in [5.41, 5.74) is 1.30. The number of ether oxygens (including phenoxy) is 1. The fourth-order valence-electron chi connectivity index (χ4n) is 5.68. The van der Waals surface area contributed by atoms with Gasteiger partial charge in [-0.15, -0.1) is 11.3 Å². The number of nitrogens with zero attached hydrogens (tertiary/aromatic N) is 4. The fourth-order valence-corrected chi connectivity index (χ4v) is 7.03. The van der Waals surface area contributed by atoms with E-state index in [0.717, 1.165) is 21.8 Å². The lowest BCUT2D eigenvalue weighted by molar-refractivity contribution is -0.0196. The zero-order valence-corrected chi connectivity index (χ0v) is 20.7. The number of pyridine rings is 1. The van der Waals surface area contributed by atoms with Crippen molar-refractivity contribution < 1.29 is 23.4 Å². The molecule has 1 amide bonds. The minimum absolute atomic E-state index is 0.0329. The molecule has 8 nitrogen and oxygen atoms in total. The first kappa shape index (κ1) is 22.6. The number of aromatic hydroxyl groups is 1. The Bertz CT molecular complexity index is 1760. The van der Waals surface area contributed by atoms with Crippen LogP contribution < -0.4 is 10.4 Å². The molecule has 1 fully saturated rings. The molecule has 5 heterocycles. The number of rotatable bonds is 1. The van der Waals surface area contributed by atoms with E-state index < -0.39 is 40.9 Å². The number of para-hydroxylation sites is 1. The van der Waals surface area contributed by atoms with Crippen molar-refractivity contribution in [3.05, 3.63) is 90.8 Å². The molecule has 7 rings (SSSR count). The van der Waals surface area contributed by atoms with Crippen molar-refractivity contribution >= 4 is 39.7 Å². The van der Waals surface area contributed by atoms with Gasteiger partial charge in [-0.05, 0) is 29.9 Å². The highest BCUT2D eigenvalue weighted by Crippen LogP contribution is 2.43. The summed E-state index contributed by atoms with van der Waals surface area (Å²) in [7, 11) is 0. The largest absolute Gasteiger partial charge is 0.502 e. The second-order valence-corrected chi connectivity index (χ2v) is 10.8. The Balaban J connectivity index is 1.61. The first-order chi connectivity index (χ1) is 17.9. The van der Waals surface area contributed by atoms with Crippen LogP contribution in [0.3, 0.4) is 0 Å². The van der Waals surface area contributed by atoms with Crippen LogP contribution in [0, 0.1) is 15.6 Å². The van der Waals surface area contributed by atoms with E-state index >= 15 is 4.39 Å². The molecule has 3 aliphatic heterocycles. The standard InChI is InChI=1S/C25H18F2N4O4S2/c26-15-5-4-12-14(19(15)27)10-29-21-13(2-1-3-17(21)37-25(29)36)20(12)31-18-11-35-9-8-28(18)24(34)22-23(33)16(32)6-7-30(22)31/h1-7,18,20,33H,8-11H2. The van der Waals surface area contributed by atoms with E-state index in [1.807, 2.05) is 18.2 Å². The highest BCUT2D eigenvalue weighted by Gasteiger charge is 2.46. The second kappa shape index (κ2) is 7.94. The van der Waals surface area contributed by atoms with Crippen LogP contribution in [0.2, 0.25) is 0 Å². The van der Waals surface area contributed by atoms with Crippen molar-refractivity contribution in [2.75, 3.05) is 24.8 Å². The van der Waals surface area contributed by atoms with E-state index in [-0.39, 0.29) is 37.6 Å². The van der Waals surface area contributed by atoms with Gasteiger partial charge in [-0.25, -0.2) is 8.78 Å². The van der Waals surface area contributed by atoms with Gasteiger partial charge in [-0.1, -0.05) is 18.2 Å². The maximum atomic E-state index is 15.4. The second-order valence-electron chi connectivity index (χ2n) is 9.14. The van der Waals surface area contributed by atoms with E-state index in [1.54, 1.807) is 20.5 Å². The van der Waals surface area contributed by atoms with Gasteiger partial charge in [0.2, 0.25) is 5.43 Å². The van der Waals surface area contributed by atoms with Crippen LogP contribution in [0.1, 0.15) is 33.2 Å². The van der Waals surface area contributed by atoms with Gasteiger partial charge in [0.15, 0.2) is 27.0 Å². The molecule has 188 valence electrons. The maximum Gasteiger partial charge on any atom is 0.278 e. The summed E-state index contributed by atoms with van der Waals surface area (Å²) in [5, 5.41) is 12.5. The highest BCUT2D eigenvalue weighted by molar-refractivity contribution is 7.73. The summed E-state index contributed by atoms with van der Waals surface area (Å²) in [6.45, 7) is 0.692. The van der Waals surface area contributed by atoms with Crippen molar-refractivity contribution in [3.8, 4) is 5.75 Å². The molecule has 0 saturated carbocycles. The highest BCUT2D eigenvalue weighted by atomic mass is 32.1. The first-order valence-electron chi connectivity index (χ1n) is 11.6. The zero-order chi connectivity index (χ0) is 25.6. The average Bonchev–Trinajstić information content (AvgIpc) is 3.13. The molecule has 2 atom stereocenters. The molecule has 37 heavy (non-hydrogen) atoms. The smallest absolute Gasteiger partial charge is 0.278 e. The molecule has 12 heteroatoms. The van der Waals surface area contributed by atoms with Gasteiger partial charge in [0.25, 0.3) is 5.91 Å². The number of morpholine rings is 1. The number of benzene rings is 2. The number of hydrogen-bond donors (Lipinski definition) is 1. The Labute approximate surface area is 217 Å². The minimum Gasteiger partial charge on any atom is -0.502 e. The molecule has 0 bridgehead atoms. The average molecular weight is 541 g/mol. The van der Waals surface area contributed by atoms with Crippen LogP contribution in [0.25, 0.3) is 10.2 Å². The van der Waals surface area contributed by atoms with Crippen molar-refractivity contribution in [2.45, 2.75) is 18.8 Å². The fraction of sp³-hybridized carbons (Fsp3) is 0.240. The number of thiazole rings is 1. The number of aromatic nitrogens is 2. The predicted molar refractivity (Wildman–Crippen MR) is 134 cm³/mol. The van der Waals surface area contributed by atoms with Gasteiger partial charge in [-0.2, -0.15) is 0 Å². The van der Waals surface area contributed by atoms with Crippen molar-refractivity contribution in [1.82, 2.24) is 14.1 Å². The molecule has 2 aromatic heterocycles. The summed E-state index contributed by atoms with van der Waals surface area (Å²) in [4.78, 5) is 27.4. The van der Waals surface area contributed by atoms with Gasteiger partial charge < -0.3 is 19.3 Å². The van der Waals surface area contributed by atoms with Crippen molar-refractivity contribution in [2.24, 2.45) is 0 Å². The third-order valence-electron chi connectivity index (χ3n) is 7.29. The molecule has 2 aromatic carbocycles. The summed E-state index contributed by atoms with van der Waals surface area (Å²) in [6, 6.07) is 8.76. The summed E-state index contributed by atoms with van der Waals surface area (Å²) in [6.07, 6.45) is 0.774. The molecule has 0 radical (unpaired) electrons. The van der Waals surface area contributed by atoms with Gasteiger partial charge >= 0.3 is 0 Å². The number of amides is 1. The Morgan fingerprint density at radius 2 is 1.95 bits per heavy atom. The van der Waals surface area contributed by atoms with Gasteiger partial charge in [-0.3, -0.25) is 19.3 Å². The molecule has 3 aliphatic rings. The maximum absolute atomic E-state index is 15.4. The quantitative estimate of drug-likeness (QED) is 0.373. The summed E-state index contributed by atoms with van der Waals surface area (Å²) < 4.78 is 40.4. The number of carbonyl (C=O) groups excluding carboxylic acids is 1. The summed E-state index contributed by atoms with van der Waals surface area (Å²) >= 11 is 6.99. The van der Waals surface area contributed by atoms with Gasteiger partial charge in [0.05, 0.1) is 30.0 Å². The molecular weight excluding hydrogens is 522 g/mol. The molecule has 0 spiro atoms. The van der Waals surface area contributed by atoms with Crippen molar-refractivity contribution in [1.29, 1.82) is 0 Å². The normalized spacial score (nSPS) is 20.4. The van der Waals surface area contributed by atoms with Crippen LogP contribution in [0.5, 0.6) is 5.75 Å². The van der Waals surface area contributed by atoms with E-state index in [9.17, 15) is 19.1 Å². The zero-order valence-electron chi connectivity index (χ0n) is 19.1. The Morgan fingerprint density at radius 3 is 2.78 bits per heavy atom. The SMILES string of the molecule is O=C1c2c(O)c(=O)ccn2N(C2c3ccc(F)c(F)c3Cn3c(=S)sc4cccc2c43)C2COCCN12. The molecular formula is C25H18F2N4O4S2. The topological polar surface area (TPSA) is 79.9 Å². The number of fused-ring (bicyclic) bond motifs is 3. The Hall–Kier alpha value is -3.61. The third kappa shape index (κ3) is 3.03. The van der Waals surface area contributed by atoms with E-state index in [4.69, 9.17) is 17.0 Å². The third-order valence-corrected chi connectivity index (χ3v) is 8.71. The molecule has 0 aliphatic carbocycles. The molecule has 4 aromatic rings. The first-order valence-corrected chi connectivity index (χ1v) is 12.8. The van der Waals surface area contributed by atoms with Crippen LogP contribution in [-0.2, 0) is 11.3 Å². The lowest BCUT2D eigenvalue weighted by atomic mass is 9.93. The van der Waals surface area contributed by atoms with E-state index in [1.165, 1.54) is 28.3 Å². The van der Waals surface area contributed by atoms with E-state index in [0.29, 0.717) is 9.52 Å². The predicted octanol–water partition coefficient (Wildman–Crippen LogP) is 3.48. The Kier molecular flexibility index (Phi) is 4.85. The lowest BCUT2D eigenvalue weighted by Crippen LogP contribution is -2.66. The van der Waals surface area contributed by atoms with Crippen molar-refractivity contribution in [3.63, 3.8) is 0 Å². The molecule has 2 unspecified atom stereocenters. The van der Waals surface area contributed by atoms with E-state index in [2.05, 4.69) is 0 Å².